The summed E-state index contributed by atoms with van der Waals surface area (Å²) < 4.78 is 66.3. The van der Waals surface area contributed by atoms with Crippen LogP contribution < -0.4 is 16.6 Å². The Balaban J connectivity index is 1.84. The van der Waals surface area contributed by atoms with Gasteiger partial charge in [-0.1, -0.05) is 18.5 Å². The van der Waals surface area contributed by atoms with Gasteiger partial charge in [-0.05, 0) is 35.9 Å². The van der Waals surface area contributed by atoms with E-state index >= 15 is 0 Å². The van der Waals surface area contributed by atoms with Gasteiger partial charge in [0.25, 0.3) is 5.91 Å². The van der Waals surface area contributed by atoms with Gasteiger partial charge < -0.3 is 15.7 Å². The lowest BCUT2D eigenvalue weighted by atomic mass is 10.00. The fourth-order valence-electron chi connectivity index (χ4n) is 3.81. The maximum Gasteiger partial charge on any atom is 0.416 e. The third-order valence-corrected chi connectivity index (χ3v) is 7.85. The van der Waals surface area contributed by atoms with E-state index in [0.717, 1.165) is 6.07 Å². The first-order chi connectivity index (χ1) is 17.2. The lowest BCUT2D eigenvalue weighted by molar-refractivity contribution is -0.138. The summed E-state index contributed by atoms with van der Waals surface area (Å²) in [6, 6.07) is 5.55. The average molecular weight is 564 g/mol. The number of hydrazine groups is 1. The van der Waals surface area contributed by atoms with Crippen LogP contribution in [0.15, 0.2) is 35.2 Å². The number of carboxylic acid groups (broad SMARTS) is 1. The number of hydrogen-bond acceptors (Lipinski definition) is 7. The predicted octanol–water partition coefficient (Wildman–Crippen LogP) is 3.29. The van der Waals surface area contributed by atoms with Gasteiger partial charge in [-0.3, -0.25) is 20.5 Å². The van der Waals surface area contributed by atoms with Crippen LogP contribution in [0.2, 0.25) is 5.02 Å². The summed E-state index contributed by atoms with van der Waals surface area (Å²) in [7, 11) is -3.71. The number of carbonyl (C=O) groups excluding carboxylic acids is 1. The lowest BCUT2D eigenvalue weighted by Gasteiger charge is -2.33. The smallest absolute Gasteiger partial charge is 0.416 e. The number of hydrogen-bond donors (Lipinski definition) is 4. The maximum atomic E-state index is 13.9. The van der Waals surface area contributed by atoms with Crippen molar-refractivity contribution in [2.75, 3.05) is 43.1 Å². The average Bonchev–Trinajstić information content (AvgIpc) is 2.82. The Morgan fingerprint density at radius 1 is 1.14 bits per heavy atom. The van der Waals surface area contributed by atoms with Gasteiger partial charge in [-0.2, -0.15) is 13.2 Å². The molecule has 1 saturated heterocycles. The molecule has 1 fully saturated rings. The number of sulfone groups is 1. The number of halogens is 4. The number of nitrogens with one attached hydrogen (secondary N) is 2. The van der Waals surface area contributed by atoms with E-state index in [9.17, 15) is 31.2 Å². The van der Waals surface area contributed by atoms with Crippen LogP contribution in [0, 0.1) is 0 Å². The lowest BCUT2D eigenvalue weighted by Crippen LogP contribution is -2.47. The molecule has 0 spiro atoms. The molecular formula is C22H25ClF3N5O5S. The minimum Gasteiger partial charge on any atom is -0.465 e. The molecule has 202 valence electrons. The van der Waals surface area contributed by atoms with Crippen molar-refractivity contribution in [3.8, 4) is 0 Å². The van der Waals surface area contributed by atoms with Crippen molar-refractivity contribution in [3.63, 3.8) is 0 Å². The second-order valence-electron chi connectivity index (χ2n) is 8.26. The van der Waals surface area contributed by atoms with Crippen molar-refractivity contribution in [3.05, 3.63) is 52.0 Å². The van der Waals surface area contributed by atoms with Crippen molar-refractivity contribution in [1.82, 2.24) is 15.2 Å². The van der Waals surface area contributed by atoms with Gasteiger partial charge in [0.15, 0.2) is 9.84 Å². The number of alkyl halides is 3. The second kappa shape index (κ2) is 11.0. The van der Waals surface area contributed by atoms with E-state index < -0.39 is 39.1 Å². The van der Waals surface area contributed by atoms with E-state index in [0.29, 0.717) is 6.07 Å². The molecule has 1 heterocycles. The van der Waals surface area contributed by atoms with Crippen molar-refractivity contribution >= 4 is 44.8 Å². The Labute approximate surface area is 216 Å². The molecule has 37 heavy (non-hydrogen) atoms. The molecule has 1 aliphatic rings. The molecular weight excluding hydrogens is 539 g/mol. The molecule has 10 nitrogen and oxygen atoms in total. The third kappa shape index (κ3) is 6.76. The maximum absolute atomic E-state index is 13.9. The summed E-state index contributed by atoms with van der Waals surface area (Å²) in [4.78, 5) is 26.5. The standard InChI is InChI=1S/C22H25ClF3N5O5S/c1-2-37(35,36)19-4-3-14(23)10-18(19)28-29-20(32)15-11-16(22(24,25)26)13(9-17(15)27)12-30-5-7-31(8-6-30)21(33)34/h3-4,9-11,28H,2,5-8,12,27H2,1H3,(H,29,32)(H,33,34). The van der Waals surface area contributed by atoms with Gasteiger partial charge in [0, 0.05) is 43.4 Å². The van der Waals surface area contributed by atoms with E-state index in [4.69, 9.17) is 22.4 Å². The van der Waals surface area contributed by atoms with Crippen molar-refractivity contribution < 1.29 is 36.3 Å². The molecule has 1 aliphatic heterocycles. The van der Waals surface area contributed by atoms with Crippen LogP contribution in [0.4, 0.5) is 29.3 Å². The van der Waals surface area contributed by atoms with Crippen LogP contribution in [0.25, 0.3) is 0 Å². The van der Waals surface area contributed by atoms with Gasteiger partial charge in [0.05, 0.1) is 27.5 Å². The molecule has 0 aromatic heterocycles. The SMILES string of the molecule is CCS(=O)(=O)c1ccc(Cl)cc1NNC(=O)c1cc(C(F)(F)F)c(CN2CCN(C(=O)O)CC2)cc1N. The van der Waals surface area contributed by atoms with Crippen molar-refractivity contribution in [2.45, 2.75) is 24.5 Å². The molecule has 2 aromatic rings. The molecule has 2 aromatic carbocycles. The molecule has 3 rings (SSSR count). The third-order valence-electron chi connectivity index (χ3n) is 5.83. The topological polar surface area (TPSA) is 145 Å². The minimum absolute atomic E-state index is 0.0607. The second-order valence-corrected chi connectivity index (χ2v) is 10.9. The molecule has 0 bridgehead atoms. The van der Waals surface area contributed by atoms with Gasteiger partial charge >= 0.3 is 12.3 Å². The fourth-order valence-corrected chi connectivity index (χ4v) is 5.01. The number of carbonyl (C=O) groups is 2. The summed E-state index contributed by atoms with van der Waals surface area (Å²) in [5.74, 6) is -1.25. The summed E-state index contributed by atoms with van der Waals surface area (Å²) in [6.07, 6.45) is -5.90. The van der Waals surface area contributed by atoms with Crippen LogP contribution in [0.3, 0.4) is 0 Å². The highest BCUT2D eigenvalue weighted by Gasteiger charge is 2.35. The summed E-state index contributed by atoms with van der Waals surface area (Å²) in [6.45, 7) is 2.05. The Hall–Kier alpha value is -3.23. The molecule has 0 saturated carbocycles. The van der Waals surface area contributed by atoms with E-state index in [-0.39, 0.29) is 65.3 Å². The van der Waals surface area contributed by atoms with Crippen LogP contribution in [0.5, 0.6) is 0 Å². The van der Waals surface area contributed by atoms with Gasteiger partial charge in [0.2, 0.25) is 0 Å². The van der Waals surface area contributed by atoms with E-state index in [2.05, 4.69) is 10.9 Å². The normalized spacial score (nSPS) is 14.9. The zero-order valence-corrected chi connectivity index (χ0v) is 21.2. The Bertz CT molecular complexity index is 1300. The van der Waals surface area contributed by atoms with Crippen LogP contribution in [-0.2, 0) is 22.6 Å². The van der Waals surface area contributed by atoms with E-state index in [1.54, 1.807) is 4.90 Å². The first-order valence-electron chi connectivity index (χ1n) is 11.0. The number of nitrogens with two attached hydrogens (primary N) is 1. The van der Waals surface area contributed by atoms with Crippen LogP contribution in [0.1, 0.15) is 28.4 Å². The summed E-state index contributed by atoms with van der Waals surface area (Å²) >= 11 is 5.93. The molecule has 15 heteroatoms. The summed E-state index contributed by atoms with van der Waals surface area (Å²) in [5.41, 5.74) is 8.55. The predicted molar refractivity (Wildman–Crippen MR) is 131 cm³/mol. The zero-order chi connectivity index (χ0) is 27.5. The van der Waals surface area contributed by atoms with Crippen molar-refractivity contribution in [2.24, 2.45) is 0 Å². The highest BCUT2D eigenvalue weighted by molar-refractivity contribution is 7.91. The largest absolute Gasteiger partial charge is 0.465 e. The molecule has 0 unspecified atom stereocenters. The van der Waals surface area contributed by atoms with Crippen LogP contribution in [-0.4, -0.2) is 67.3 Å². The number of anilines is 2. The highest BCUT2D eigenvalue weighted by Crippen LogP contribution is 2.35. The van der Waals surface area contributed by atoms with Crippen molar-refractivity contribution in [1.29, 1.82) is 0 Å². The first-order valence-corrected chi connectivity index (χ1v) is 13.0. The highest BCUT2D eigenvalue weighted by atomic mass is 35.5. The molecule has 0 atom stereocenters. The molecule has 5 N–H and O–H groups in total. The monoisotopic (exact) mass is 563 g/mol. The number of amides is 2. The Morgan fingerprint density at radius 3 is 2.35 bits per heavy atom. The number of nitrogens with zero attached hydrogens (tertiary/aromatic N) is 2. The minimum atomic E-state index is -4.80. The summed E-state index contributed by atoms with van der Waals surface area (Å²) in [5, 5.41) is 9.21. The molecule has 2 amide bonds. The van der Waals surface area contributed by atoms with E-state index in [1.165, 1.54) is 30.0 Å². The fraction of sp³-hybridized carbons (Fsp3) is 0.364. The van der Waals surface area contributed by atoms with Gasteiger partial charge in [0.1, 0.15) is 0 Å². The first kappa shape index (κ1) is 28.3. The molecule has 0 aliphatic carbocycles. The molecule has 0 radical (unpaired) electrons. The number of rotatable bonds is 7. The van der Waals surface area contributed by atoms with Crippen LogP contribution >= 0.6 is 11.6 Å². The number of benzene rings is 2. The zero-order valence-electron chi connectivity index (χ0n) is 19.6. The van der Waals surface area contributed by atoms with E-state index in [1.807, 2.05) is 0 Å². The van der Waals surface area contributed by atoms with Gasteiger partial charge in [-0.15, -0.1) is 0 Å². The quantitative estimate of drug-likeness (QED) is 0.297. The number of nitrogen functional groups attached to an aromatic ring is 1. The Morgan fingerprint density at radius 2 is 1.78 bits per heavy atom. The number of piperazine rings is 1. The van der Waals surface area contributed by atoms with Gasteiger partial charge in [-0.25, -0.2) is 13.2 Å². The Kier molecular flexibility index (Phi) is 8.45.